The summed E-state index contributed by atoms with van der Waals surface area (Å²) in [7, 11) is 0. The van der Waals surface area contributed by atoms with E-state index in [-0.39, 0.29) is 5.60 Å². The Balaban J connectivity index is 1.78. The van der Waals surface area contributed by atoms with Gasteiger partial charge in [-0.05, 0) is 38.0 Å². The van der Waals surface area contributed by atoms with Gasteiger partial charge in [-0.3, -0.25) is 0 Å². The largest absolute Gasteiger partial charge is 0.369 e. The van der Waals surface area contributed by atoms with Crippen LogP contribution >= 0.6 is 0 Å². The highest BCUT2D eigenvalue weighted by Crippen LogP contribution is 2.37. The summed E-state index contributed by atoms with van der Waals surface area (Å²) < 4.78 is 6.15. The van der Waals surface area contributed by atoms with E-state index in [1.54, 1.807) is 0 Å². The van der Waals surface area contributed by atoms with Gasteiger partial charge in [0.2, 0.25) is 0 Å². The third kappa shape index (κ3) is 2.29. The quantitative estimate of drug-likeness (QED) is 0.733. The standard InChI is InChI=1S/C12H23NO/c1-11(2)6-4-10(5-7-11)14-12(3)8-13-9-12/h10,13H,4-9H2,1-3H3. The molecule has 0 radical (unpaired) electrons. The van der Waals surface area contributed by atoms with Gasteiger partial charge in [0.1, 0.15) is 0 Å². The van der Waals surface area contributed by atoms with Crippen LogP contribution in [-0.2, 0) is 4.74 Å². The van der Waals surface area contributed by atoms with E-state index in [1.165, 1.54) is 25.7 Å². The Hall–Kier alpha value is -0.0800. The fourth-order valence-corrected chi connectivity index (χ4v) is 2.45. The predicted molar refractivity (Wildman–Crippen MR) is 58.4 cm³/mol. The molecule has 2 nitrogen and oxygen atoms in total. The number of nitrogens with one attached hydrogen (secondary N) is 1. The maximum absolute atomic E-state index is 6.15. The van der Waals surface area contributed by atoms with E-state index in [9.17, 15) is 0 Å². The van der Waals surface area contributed by atoms with E-state index < -0.39 is 0 Å². The summed E-state index contributed by atoms with van der Waals surface area (Å²) in [6.07, 6.45) is 5.67. The van der Waals surface area contributed by atoms with Crippen molar-refractivity contribution in [3.05, 3.63) is 0 Å². The molecule has 0 bridgehead atoms. The predicted octanol–water partition coefficient (Wildman–Crippen LogP) is 2.33. The molecular weight excluding hydrogens is 174 g/mol. The van der Waals surface area contributed by atoms with Gasteiger partial charge in [-0.2, -0.15) is 0 Å². The van der Waals surface area contributed by atoms with Crippen LogP contribution in [0.2, 0.25) is 0 Å². The van der Waals surface area contributed by atoms with E-state index in [4.69, 9.17) is 4.74 Å². The van der Waals surface area contributed by atoms with Crippen LogP contribution in [0.4, 0.5) is 0 Å². The van der Waals surface area contributed by atoms with Crippen LogP contribution in [0.1, 0.15) is 46.5 Å². The van der Waals surface area contributed by atoms with Gasteiger partial charge < -0.3 is 10.1 Å². The van der Waals surface area contributed by atoms with Crippen molar-refractivity contribution < 1.29 is 4.74 Å². The lowest BCUT2D eigenvalue weighted by Gasteiger charge is -2.44. The van der Waals surface area contributed by atoms with Crippen LogP contribution in [0.3, 0.4) is 0 Å². The average molecular weight is 197 g/mol. The fourth-order valence-electron chi connectivity index (χ4n) is 2.45. The van der Waals surface area contributed by atoms with E-state index in [0.29, 0.717) is 11.5 Å². The van der Waals surface area contributed by atoms with Gasteiger partial charge in [-0.1, -0.05) is 13.8 Å². The molecule has 0 aromatic rings. The number of hydrogen-bond acceptors (Lipinski definition) is 2. The minimum Gasteiger partial charge on any atom is -0.369 e. The lowest BCUT2D eigenvalue weighted by molar-refractivity contribution is -0.128. The summed E-state index contributed by atoms with van der Waals surface area (Å²) in [5, 5.41) is 3.28. The summed E-state index contributed by atoms with van der Waals surface area (Å²) in [5.41, 5.74) is 0.699. The number of hydrogen-bond donors (Lipinski definition) is 1. The van der Waals surface area contributed by atoms with Crippen LogP contribution < -0.4 is 5.32 Å². The number of ether oxygens (including phenoxy) is 1. The molecule has 0 aromatic heterocycles. The molecule has 2 aliphatic rings. The highest BCUT2D eigenvalue weighted by Gasteiger charge is 2.37. The van der Waals surface area contributed by atoms with Gasteiger partial charge in [-0.25, -0.2) is 0 Å². The Morgan fingerprint density at radius 2 is 1.64 bits per heavy atom. The minimum atomic E-state index is 0.145. The SMILES string of the molecule is CC1(C)CCC(OC2(C)CNC2)CC1. The van der Waals surface area contributed by atoms with Crippen molar-refractivity contribution in [2.24, 2.45) is 5.41 Å². The molecule has 2 rings (SSSR count). The molecule has 0 spiro atoms. The second kappa shape index (κ2) is 3.49. The Morgan fingerprint density at radius 1 is 1.07 bits per heavy atom. The van der Waals surface area contributed by atoms with Crippen LogP contribution in [-0.4, -0.2) is 24.8 Å². The summed E-state index contributed by atoms with van der Waals surface area (Å²) in [4.78, 5) is 0. The monoisotopic (exact) mass is 197 g/mol. The first-order valence-corrected chi connectivity index (χ1v) is 5.88. The van der Waals surface area contributed by atoms with Crippen molar-refractivity contribution in [2.45, 2.75) is 58.2 Å². The Kier molecular flexibility index (Phi) is 2.61. The van der Waals surface area contributed by atoms with E-state index in [2.05, 4.69) is 26.1 Å². The average Bonchev–Trinajstić information content (AvgIpc) is 2.06. The Bertz CT molecular complexity index is 198. The molecule has 1 saturated carbocycles. The normalized spacial score (nSPS) is 31.1. The summed E-state index contributed by atoms with van der Waals surface area (Å²) in [6, 6.07) is 0. The van der Waals surface area contributed by atoms with E-state index >= 15 is 0 Å². The van der Waals surface area contributed by atoms with Crippen molar-refractivity contribution in [3.63, 3.8) is 0 Å². The zero-order valence-electron chi connectivity index (χ0n) is 9.73. The van der Waals surface area contributed by atoms with Crippen LogP contribution in [0.5, 0.6) is 0 Å². The first kappa shape index (κ1) is 10.4. The smallest absolute Gasteiger partial charge is 0.0905 e. The second-order valence-electron chi connectivity index (χ2n) is 6.03. The van der Waals surface area contributed by atoms with Crippen LogP contribution in [0.15, 0.2) is 0 Å². The molecule has 14 heavy (non-hydrogen) atoms. The van der Waals surface area contributed by atoms with Gasteiger partial charge in [0, 0.05) is 13.1 Å². The zero-order chi connectivity index (χ0) is 10.2. The first-order chi connectivity index (χ1) is 6.49. The van der Waals surface area contributed by atoms with Crippen molar-refractivity contribution in [2.75, 3.05) is 13.1 Å². The van der Waals surface area contributed by atoms with Crippen LogP contribution in [0.25, 0.3) is 0 Å². The van der Waals surface area contributed by atoms with E-state index in [0.717, 1.165) is 13.1 Å². The Morgan fingerprint density at radius 3 is 2.07 bits per heavy atom. The zero-order valence-corrected chi connectivity index (χ0v) is 9.73. The highest BCUT2D eigenvalue weighted by molar-refractivity contribution is 4.92. The van der Waals surface area contributed by atoms with Gasteiger partial charge in [0.25, 0.3) is 0 Å². The summed E-state index contributed by atoms with van der Waals surface area (Å²) in [6.45, 7) is 9.04. The maximum Gasteiger partial charge on any atom is 0.0905 e. The summed E-state index contributed by atoms with van der Waals surface area (Å²) in [5.74, 6) is 0. The third-order valence-electron chi connectivity index (χ3n) is 3.74. The van der Waals surface area contributed by atoms with Gasteiger partial charge >= 0.3 is 0 Å². The Labute approximate surface area is 87.4 Å². The fraction of sp³-hybridized carbons (Fsp3) is 1.00. The highest BCUT2D eigenvalue weighted by atomic mass is 16.5. The van der Waals surface area contributed by atoms with Crippen molar-refractivity contribution >= 4 is 0 Å². The molecule has 1 heterocycles. The van der Waals surface area contributed by atoms with Gasteiger partial charge in [0.05, 0.1) is 11.7 Å². The minimum absolute atomic E-state index is 0.145. The lowest BCUT2D eigenvalue weighted by Crippen LogP contribution is -2.60. The molecule has 1 N–H and O–H groups in total. The summed E-state index contributed by atoms with van der Waals surface area (Å²) >= 11 is 0. The lowest BCUT2D eigenvalue weighted by atomic mass is 9.76. The molecule has 0 aromatic carbocycles. The second-order valence-corrected chi connectivity index (χ2v) is 6.03. The number of rotatable bonds is 2. The molecule has 2 fully saturated rings. The van der Waals surface area contributed by atoms with Gasteiger partial charge in [-0.15, -0.1) is 0 Å². The van der Waals surface area contributed by atoms with Crippen LogP contribution in [0, 0.1) is 5.41 Å². The van der Waals surface area contributed by atoms with Gasteiger partial charge in [0.15, 0.2) is 0 Å². The molecular formula is C12H23NO. The molecule has 2 heteroatoms. The first-order valence-electron chi connectivity index (χ1n) is 5.88. The third-order valence-corrected chi connectivity index (χ3v) is 3.74. The molecule has 0 unspecified atom stereocenters. The molecule has 0 atom stereocenters. The molecule has 1 aliphatic carbocycles. The van der Waals surface area contributed by atoms with Crippen molar-refractivity contribution in [1.29, 1.82) is 0 Å². The molecule has 1 saturated heterocycles. The molecule has 0 amide bonds. The topological polar surface area (TPSA) is 21.3 Å². The van der Waals surface area contributed by atoms with Crippen molar-refractivity contribution in [3.8, 4) is 0 Å². The maximum atomic E-state index is 6.15. The molecule has 1 aliphatic heterocycles. The molecule has 82 valence electrons. The van der Waals surface area contributed by atoms with E-state index in [1.807, 2.05) is 0 Å². The van der Waals surface area contributed by atoms with Crippen molar-refractivity contribution in [1.82, 2.24) is 5.32 Å².